The zero-order valence-electron chi connectivity index (χ0n) is 8.22. The van der Waals surface area contributed by atoms with Gasteiger partial charge < -0.3 is 4.79 Å². The van der Waals surface area contributed by atoms with E-state index in [9.17, 15) is 9.59 Å². The number of carbonyl (C=O) groups excluding carboxylic acids is 2. The van der Waals surface area contributed by atoms with Crippen molar-refractivity contribution < 1.29 is 9.59 Å². The van der Waals surface area contributed by atoms with E-state index >= 15 is 0 Å². The van der Waals surface area contributed by atoms with Gasteiger partial charge in [0.2, 0.25) is 0 Å². The zero-order chi connectivity index (χ0) is 9.56. The summed E-state index contributed by atoms with van der Waals surface area (Å²) in [5.74, 6) is 0.638. The summed E-state index contributed by atoms with van der Waals surface area (Å²) in [6, 6.07) is 0. The maximum absolute atomic E-state index is 11.0. The van der Waals surface area contributed by atoms with Crippen LogP contribution in [0.1, 0.15) is 46.5 Å². The van der Waals surface area contributed by atoms with Crippen LogP contribution in [0.3, 0.4) is 0 Å². The fraction of sp³-hybridized carbons (Fsp3) is 0.800. The van der Waals surface area contributed by atoms with E-state index in [1.165, 1.54) is 0 Å². The van der Waals surface area contributed by atoms with E-state index < -0.39 is 0 Å². The average Bonchev–Trinajstić information content (AvgIpc) is 1.96. The molecule has 0 aromatic rings. The number of hydrogen-bond acceptors (Lipinski definition) is 2. The van der Waals surface area contributed by atoms with Crippen molar-refractivity contribution in [2.75, 3.05) is 0 Å². The van der Waals surface area contributed by atoms with Gasteiger partial charge in [-0.3, -0.25) is 4.79 Å². The first-order valence-electron chi connectivity index (χ1n) is 4.57. The largest absolute Gasteiger partial charge is 0.300 e. The summed E-state index contributed by atoms with van der Waals surface area (Å²) < 4.78 is 0. The van der Waals surface area contributed by atoms with Crippen LogP contribution in [0.5, 0.6) is 0 Å². The van der Waals surface area contributed by atoms with Crippen LogP contribution < -0.4 is 0 Å². The lowest BCUT2D eigenvalue weighted by Gasteiger charge is -2.09. The number of ketones is 2. The summed E-state index contributed by atoms with van der Waals surface area (Å²) in [6.45, 7) is 5.23. The van der Waals surface area contributed by atoms with E-state index in [1.54, 1.807) is 13.8 Å². The minimum atomic E-state index is 0.171. The highest BCUT2D eigenvalue weighted by Gasteiger charge is 2.10. The van der Waals surface area contributed by atoms with Crippen LogP contribution in [0, 0.1) is 5.92 Å². The number of Topliss-reactive ketones (excluding diaryl/α,β-unsaturated/α-hetero) is 2. The maximum atomic E-state index is 11.0. The van der Waals surface area contributed by atoms with E-state index in [0.717, 1.165) is 19.3 Å². The molecule has 1 atom stereocenters. The molecule has 2 nitrogen and oxygen atoms in total. The summed E-state index contributed by atoms with van der Waals surface area (Å²) in [6.07, 6.45) is 3.23. The van der Waals surface area contributed by atoms with Gasteiger partial charge >= 0.3 is 0 Å². The second-order valence-electron chi connectivity index (χ2n) is 3.31. The minimum Gasteiger partial charge on any atom is -0.300 e. The van der Waals surface area contributed by atoms with Crippen molar-refractivity contribution in [3.63, 3.8) is 0 Å². The Hall–Kier alpha value is -0.660. The molecule has 70 valence electrons. The van der Waals surface area contributed by atoms with Gasteiger partial charge in [-0.05, 0) is 33.1 Å². The molecular weight excluding hydrogens is 152 g/mol. The minimum absolute atomic E-state index is 0.171. The van der Waals surface area contributed by atoms with Crippen molar-refractivity contribution in [3.8, 4) is 0 Å². The standard InChI is InChI=1S/C10H18O2/c1-4-10(9(3)12)7-5-6-8(2)11/h10H,4-7H2,1-3H3. The normalized spacial score (nSPS) is 12.6. The SMILES string of the molecule is CCC(CCCC(C)=O)C(C)=O. The Morgan fingerprint density at radius 2 is 1.83 bits per heavy atom. The molecule has 0 aromatic carbocycles. The Morgan fingerprint density at radius 1 is 1.25 bits per heavy atom. The third kappa shape index (κ3) is 5.05. The Labute approximate surface area is 74.3 Å². The van der Waals surface area contributed by atoms with Crippen molar-refractivity contribution in [1.82, 2.24) is 0 Å². The van der Waals surface area contributed by atoms with Gasteiger partial charge in [0.1, 0.15) is 11.6 Å². The van der Waals surface area contributed by atoms with E-state index in [2.05, 4.69) is 0 Å². The number of rotatable bonds is 6. The van der Waals surface area contributed by atoms with Crippen LogP contribution in [-0.2, 0) is 9.59 Å². The third-order valence-electron chi connectivity index (χ3n) is 2.15. The quantitative estimate of drug-likeness (QED) is 0.613. The summed E-state index contributed by atoms with van der Waals surface area (Å²) in [7, 11) is 0. The molecule has 12 heavy (non-hydrogen) atoms. The molecule has 0 spiro atoms. The zero-order valence-corrected chi connectivity index (χ0v) is 8.22. The van der Waals surface area contributed by atoms with Crippen molar-refractivity contribution in [3.05, 3.63) is 0 Å². The van der Waals surface area contributed by atoms with E-state index in [-0.39, 0.29) is 17.5 Å². The molecule has 0 saturated heterocycles. The molecule has 0 amide bonds. The van der Waals surface area contributed by atoms with Crippen LogP contribution in [0.2, 0.25) is 0 Å². The predicted molar refractivity (Wildman–Crippen MR) is 49.0 cm³/mol. The molecule has 0 heterocycles. The fourth-order valence-electron chi connectivity index (χ4n) is 1.29. The third-order valence-corrected chi connectivity index (χ3v) is 2.15. The van der Waals surface area contributed by atoms with Crippen LogP contribution in [0.15, 0.2) is 0 Å². The van der Waals surface area contributed by atoms with Gasteiger partial charge in [0.25, 0.3) is 0 Å². The second-order valence-corrected chi connectivity index (χ2v) is 3.31. The van der Waals surface area contributed by atoms with Crippen molar-refractivity contribution >= 4 is 11.6 Å². The predicted octanol–water partition coefficient (Wildman–Crippen LogP) is 2.36. The lowest BCUT2D eigenvalue weighted by molar-refractivity contribution is -0.121. The molecule has 0 saturated carbocycles. The van der Waals surface area contributed by atoms with Gasteiger partial charge in [-0.25, -0.2) is 0 Å². The average molecular weight is 170 g/mol. The molecule has 0 N–H and O–H groups in total. The van der Waals surface area contributed by atoms with Crippen molar-refractivity contribution in [2.24, 2.45) is 5.92 Å². The van der Waals surface area contributed by atoms with Crippen molar-refractivity contribution in [1.29, 1.82) is 0 Å². The van der Waals surface area contributed by atoms with Gasteiger partial charge in [-0.2, -0.15) is 0 Å². The smallest absolute Gasteiger partial charge is 0.132 e. The van der Waals surface area contributed by atoms with Gasteiger partial charge in [-0.1, -0.05) is 6.92 Å². The summed E-state index contributed by atoms with van der Waals surface area (Å²) in [5.41, 5.74) is 0. The highest BCUT2D eigenvalue weighted by Crippen LogP contribution is 2.13. The van der Waals surface area contributed by atoms with Gasteiger partial charge in [-0.15, -0.1) is 0 Å². The second kappa shape index (κ2) is 5.92. The topological polar surface area (TPSA) is 34.1 Å². The molecular formula is C10H18O2. The van der Waals surface area contributed by atoms with E-state index in [4.69, 9.17) is 0 Å². The molecule has 0 aliphatic carbocycles. The van der Waals surface area contributed by atoms with Crippen LogP contribution in [-0.4, -0.2) is 11.6 Å². The number of carbonyl (C=O) groups is 2. The van der Waals surface area contributed by atoms with Gasteiger partial charge in [0.05, 0.1) is 0 Å². The van der Waals surface area contributed by atoms with E-state index in [1.807, 2.05) is 6.92 Å². The van der Waals surface area contributed by atoms with Crippen LogP contribution in [0.4, 0.5) is 0 Å². The summed E-state index contributed by atoms with van der Waals surface area (Å²) >= 11 is 0. The monoisotopic (exact) mass is 170 g/mol. The highest BCUT2D eigenvalue weighted by molar-refractivity contribution is 5.78. The highest BCUT2D eigenvalue weighted by atomic mass is 16.1. The Kier molecular flexibility index (Phi) is 5.60. The van der Waals surface area contributed by atoms with E-state index in [0.29, 0.717) is 6.42 Å². The molecule has 0 radical (unpaired) electrons. The van der Waals surface area contributed by atoms with Crippen LogP contribution in [0.25, 0.3) is 0 Å². The lowest BCUT2D eigenvalue weighted by atomic mass is 9.95. The Bertz CT molecular complexity index is 161. The Balaban J connectivity index is 3.59. The molecule has 2 heteroatoms. The summed E-state index contributed by atoms with van der Waals surface area (Å²) in [5, 5.41) is 0. The molecule has 0 rings (SSSR count). The lowest BCUT2D eigenvalue weighted by Crippen LogP contribution is -2.09. The molecule has 1 unspecified atom stereocenters. The van der Waals surface area contributed by atoms with Gasteiger partial charge in [0, 0.05) is 12.3 Å². The summed E-state index contributed by atoms with van der Waals surface area (Å²) in [4.78, 5) is 21.6. The molecule has 0 fully saturated rings. The molecule has 0 aliphatic heterocycles. The first-order chi connectivity index (χ1) is 5.57. The first-order valence-corrected chi connectivity index (χ1v) is 4.57. The van der Waals surface area contributed by atoms with Gasteiger partial charge in [0.15, 0.2) is 0 Å². The van der Waals surface area contributed by atoms with Crippen LogP contribution >= 0.6 is 0 Å². The number of hydrogen-bond donors (Lipinski definition) is 0. The molecule has 0 bridgehead atoms. The Morgan fingerprint density at radius 3 is 2.17 bits per heavy atom. The fourth-order valence-corrected chi connectivity index (χ4v) is 1.29. The molecule has 0 aliphatic rings. The molecule has 0 aromatic heterocycles. The van der Waals surface area contributed by atoms with Crippen molar-refractivity contribution in [2.45, 2.75) is 46.5 Å². The maximum Gasteiger partial charge on any atom is 0.132 e. The first kappa shape index (κ1) is 11.3.